The van der Waals surface area contributed by atoms with Crippen LogP contribution in [0.1, 0.15) is 32.8 Å². The standard InChI is InChI=1S/C14H22N2O2S/c1-14(2,3)11-4-6-13(7-5-11)19(17,18)16-12-8-9-15-10-12/h4-7,12,15-16H,8-10H2,1-3H3/t12-/m1/s1. The maximum absolute atomic E-state index is 12.2. The van der Waals surface area contributed by atoms with Crippen molar-refractivity contribution in [2.45, 2.75) is 43.5 Å². The molecule has 1 fully saturated rings. The van der Waals surface area contributed by atoms with Gasteiger partial charge in [-0.05, 0) is 36.1 Å². The maximum Gasteiger partial charge on any atom is 0.240 e. The fraction of sp³-hybridized carbons (Fsp3) is 0.571. The Labute approximate surface area is 115 Å². The third-order valence-electron chi connectivity index (χ3n) is 3.41. The summed E-state index contributed by atoms with van der Waals surface area (Å²) in [6.07, 6.45) is 0.847. The van der Waals surface area contributed by atoms with Crippen LogP contribution in [-0.4, -0.2) is 27.5 Å². The smallest absolute Gasteiger partial charge is 0.240 e. The summed E-state index contributed by atoms with van der Waals surface area (Å²) in [7, 11) is -3.40. The number of nitrogens with one attached hydrogen (secondary N) is 2. The summed E-state index contributed by atoms with van der Waals surface area (Å²) in [5.74, 6) is 0. The van der Waals surface area contributed by atoms with Gasteiger partial charge in [-0.25, -0.2) is 13.1 Å². The molecule has 1 aromatic carbocycles. The van der Waals surface area contributed by atoms with E-state index in [4.69, 9.17) is 0 Å². The topological polar surface area (TPSA) is 58.2 Å². The molecule has 106 valence electrons. The van der Waals surface area contributed by atoms with Crippen LogP contribution in [0, 0.1) is 0 Å². The molecule has 19 heavy (non-hydrogen) atoms. The van der Waals surface area contributed by atoms with Gasteiger partial charge in [0, 0.05) is 12.6 Å². The zero-order valence-corrected chi connectivity index (χ0v) is 12.5. The van der Waals surface area contributed by atoms with Gasteiger partial charge in [0.05, 0.1) is 4.90 Å². The first-order valence-electron chi connectivity index (χ1n) is 6.63. The molecule has 1 aliphatic rings. The summed E-state index contributed by atoms with van der Waals surface area (Å²) in [6.45, 7) is 7.91. The number of hydrogen-bond acceptors (Lipinski definition) is 3. The second-order valence-electron chi connectivity index (χ2n) is 6.09. The summed E-state index contributed by atoms with van der Waals surface area (Å²) in [5.41, 5.74) is 1.17. The zero-order valence-electron chi connectivity index (χ0n) is 11.7. The van der Waals surface area contributed by atoms with Crippen LogP contribution in [0.3, 0.4) is 0 Å². The largest absolute Gasteiger partial charge is 0.315 e. The first kappa shape index (κ1) is 14.5. The van der Waals surface area contributed by atoms with E-state index in [2.05, 4.69) is 30.8 Å². The van der Waals surface area contributed by atoms with Crippen molar-refractivity contribution in [2.24, 2.45) is 0 Å². The second-order valence-corrected chi connectivity index (χ2v) is 7.80. The third kappa shape index (κ3) is 3.55. The number of benzene rings is 1. The highest BCUT2D eigenvalue weighted by Crippen LogP contribution is 2.23. The summed E-state index contributed by atoms with van der Waals surface area (Å²) in [4.78, 5) is 0.340. The van der Waals surface area contributed by atoms with Crippen LogP contribution in [0.5, 0.6) is 0 Å². The van der Waals surface area contributed by atoms with E-state index < -0.39 is 10.0 Å². The minimum absolute atomic E-state index is 0.00675. The van der Waals surface area contributed by atoms with E-state index in [9.17, 15) is 8.42 Å². The van der Waals surface area contributed by atoms with Crippen LogP contribution < -0.4 is 10.0 Å². The Bertz CT molecular complexity index is 524. The molecule has 0 unspecified atom stereocenters. The van der Waals surface area contributed by atoms with Crippen molar-refractivity contribution in [3.63, 3.8) is 0 Å². The van der Waals surface area contributed by atoms with Gasteiger partial charge in [0.1, 0.15) is 0 Å². The van der Waals surface area contributed by atoms with Crippen molar-refractivity contribution < 1.29 is 8.42 Å². The van der Waals surface area contributed by atoms with Crippen LogP contribution in [0.25, 0.3) is 0 Å². The number of sulfonamides is 1. The van der Waals surface area contributed by atoms with Crippen molar-refractivity contribution in [2.75, 3.05) is 13.1 Å². The van der Waals surface area contributed by atoms with Crippen molar-refractivity contribution >= 4 is 10.0 Å². The Morgan fingerprint density at radius 3 is 2.32 bits per heavy atom. The Morgan fingerprint density at radius 2 is 1.84 bits per heavy atom. The molecular weight excluding hydrogens is 260 g/mol. The summed E-state index contributed by atoms with van der Waals surface area (Å²) < 4.78 is 27.2. The molecule has 1 atom stereocenters. The quantitative estimate of drug-likeness (QED) is 0.886. The molecule has 1 aliphatic heterocycles. The monoisotopic (exact) mass is 282 g/mol. The minimum atomic E-state index is -3.40. The summed E-state index contributed by atoms with van der Waals surface area (Å²) in [5, 5.41) is 3.15. The summed E-state index contributed by atoms with van der Waals surface area (Å²) >= 11 is 0. The van der Waals surface area contributed by atoms with Crippen LogP contribution in [-0.2, 0) is 15.4 Å². The third-order valence-corrected chi connectivity index (χ3v) is 4.95. The molecule has 0 aromatic heterocycles. The maximum atomic E-state index is 12.2. The molecule has 1 heterocycles. The number of hydrogen-bond donors (Lipinski definition) is 2. The number of rotatable bonds is 3. The molecule has 1 aromatic rings. The lowest BCUT2D eigenvalue weighted by Crippen LogP contribution is -2.36. The van der Waals surface area contributed by atoms with Crippen molar-refractivity contribution in [3.05, 3.63) is 29.8 Å². The molecule has 5 heteroatoms. The molecule has 0 radical (unpaired) electrons. The fourth-order valence-corrected chi connectivity index (χ4v) is 3.45. The SMILES string of the molecule is CC(C)(C)c1ccc(S(=O)(=O)N[C@@H]2CCNC2)cc1. The second kappa shape index (κ2) is 5.23. The van der Waals surface area contributed by atoms with E-state index in [0.717, 1.165) is 18.5 Å². The van der Waals surface area contributed by atoms with E-state index in [1.54, 1.807) is 12.1 Å². The Morgan fingerprint density at radius 1 is 1.21 bits per heavy atom. The van der Waals surface area contributed by atoms with Crippen LogP contribution in [0.4, 0.5) is 0 Å². The Kier molecular flexibility index (Phi) is 3.99. The molecule has 0 saturated carbocycles. The average molecular weight is 282 g/mol. The molecule has 4 nitrogen and oxygen atoms in total. The van der Waals surface area contributed by atoms with Gasteiger partial charge in [-0.1, -0.05) is 32.9 Å². The van der Waals surface area contributed by atoms with Crippen molar-refractivity contribution in [3.8, 4) is 0 Å². The molecule has 0 amide bonds. The fourth-order valence-electron chi connectivity index (χ4n) is 2.18. The van der Waals surface area contributed by atoms with Crippen molar-refractivity contribution in [1.29, 1.82) is 0 Å². The van der Waals surface area contributed by atoms with Crippen LogP contribution in [0.2, 0.25) is 0 Å². The van der Waals surface area contributed by atoms with Gasteiger partial charge in [0.2, 0.25) is 10.0 Å². The summed E-state index contributed by atoms with van der Waals surface area (Å²) in [6, 6.07) is 7.16. The molecular formula is C14H22N2O2S. The van der Waals surface area contributed by atoms with E-state index in [1.807, 2.05) is 12.1 Å². The van der Waals surface area contributed by atoms with E-state index in [-0.39, 0.29) is 11.5 Å². The van der Waals surface area contributed by atoms with Gasteiger partial charge in [0.25, 0.3) is 0 Å². The van der Waals surface area contributed by atoms with Crippen LogP contribution in [0.15, 0.2) is 29.2 Å². The molecule has 1 saturated heterocycles. The molecule has 0 bridgehead atoms. The van der Waals surface area contributed by atoms with E-state index in [1.165, 1.54) is 0 Å². The predicted octanol–water partition coefficient (Wildman–Crippen LogP) is 1.62. The predicted molar refractivity (Wildman–Crippen MR) is 76.7 cm³/mol. The normalized spacial score (nSPS) is 20.7. The highest BCUT2D eigenvalue weighted by Gasteiger charge is 2.23. The highest BCUT2D eigenvalue weighted by molar-refractivity contribution is 7.89. The van der Waals surface area contributed by atoms with Crippen molar-refractivity contribution in [1.82, 2.24) is 10.0 Å². The van der Waals surface area contributed by atoms with Gasteiger partial charge in [-0.15, -0.1) is 0 Å². The molecule has 0 aliphatic carbocycles. The van der Waals surface area contributed by atoms with Gasteiger partial charge in [-0.2, -0.15) is 0 Å². The van der Waals surface area contributed by atoms with E-state index in [0.29, 0.717) is 11.4 Å². The molecule has 2 rings (SSSR count). The van der Waals surface area contributed by atoms with Gasteiger partial charge in [0.15, 0.2) is 0 Å². The van der Waals surface area contributed by atoms with Gasteiger partial charge < -0.3 is 5.32 Å². The van der Waals surface area contributed by atoms with E-state index >= 15 is 0 Å². The lowest BCUT2D eigenvalue weighted by Gasteiger charge is -2.19. The highest BCUT2D eigenvalue weighted by atomic mass is 32.2. The molecule has 2 N–H and O–H groups in total. The minimum Gasteiger partial charge on any atom is -0.315 e. The van der Waals surface area contributed by atoms with Gasteiger partial charge in [-0.3, -0.25) is 0 Å². The first-order valence-corrected chi connectivity index (χ1v) is 8.11. The Hall–Kier alpha value is -0.910. The van der Waals surface area contributed by atoms with Crippen LogP contribution >= 0.6 is 0 Å². The lowest BCUT2D eigenvalue weighted by molar-refractivity contribution is 0.559. The Balaban J connectivity index is 2.16. The van der Waals surface area contributed by atoms with Gasteiger partial charge >= 0.3 is 0 Å². The zero-order chi connectivity index (χ0) is 14.1. The first-order chi connectivity index (χ1) is 8.79. The lowest BCUT2D eigenvalue weighted by atomic mass is 9.87. The molecule has 0 spiro atoms. The average Bonchev–Trinajstić information content (AvgIpc) is 2.80.